The second kappa shape index (κ2) is 13.8. The number of nitriles is 1. The van der Waals surface area contributed by atoms with Crippen molar-refractivity contribution < 1.29 is 5.11 Å². The van der Waals surface area contributed by atoms with Gasteiger partial charge in [-0.05, 0) is 62.1 Å². The molecule has 10 heteroatoms. The molecule has 1 unspecified atom stereocenters. The van der Waals surface area contributed by atoms with Gasteiger partial charge in [-0.3, -0.25) is 4.98 Å². The maximum absolute atomic E-state index is 9.46. The Balaban J connectivity index is 0.00000336. The molecule has 2 aromatic heterocycles. The number of rotatable bonds is 8. The zero-order chi connectivity index (χ0) is 25.5. The van der Waals surface area contributed by atoms with Crippen molar-refractivity contribution in [1.82, 2.24) is 20.2 Å². The third kappa shape index (κ3) is 7.14. The standard InChI is InChI=1S/C28H38N8O.BrH/c29-17-24-8-10-30-21-26(24)34-12-14-35(15-13-34)28(32-18-22-4-5-22)33-20-23-6-7-27(31-19-23)36-11-2-1-3-25(36)9-16-37;/h6-8,10,19,21-22,25,37H,1-5,9,11-16,18,20H2,(H,32,33);1H. The van der Waals surface area contributed by atoms with Crippen molar-refractivity contribution in [3.63, 3.8) is 0 Å². The van der Waals surface area contributed by atoms with Gasteiger partial charge in [-0.2, -0.15) is 5.26 Å². The van der Waals surface area contributed by atoms with Crippen LogP contribution in [-0.4, -0.2) is 77.9 Å². The highest BCUT2D eigenvalue weighted by Crippen LogP contribution is 2.28. The highest BCUT2D eigenvalue weighted by atomic mass is 79.9. The molecule has 0 bridgehead atoms. The molecular weight excluding hydrogens is 544 g/mol. The van der Waals surface area contributed by atoms with E-state index in [1.165, 1.54) is 25.7 Å². The number of aliphatic hydroxyl groups is 1. The molecule has 9 nitrogen and oxygen atoms in total. The number of aromatic nitrogens is 2. The van der Waals surface area contributed by atoms with E-state index in [9.17, 15) is 10.4 Å². The molecule has 0 aromatic carbocycles. The molecule has 38 heavy (non-hydrogen) atoms. The van der Waals surface area contributed by atoms with E-state index in [4.69, 9.17) is 9.98 Å². The van der Waals surface area contributed by atoms with Crippen LogP contribution in [0.1, 0.15) is 49.7 Å². The Hall–Kier alpha value is -2.90. The van der Waals surface area contributed by atoms with Gasteiger partial charge in [0.1, 0.15) is 11.9 Å². The Labute approximate surface area is 236 Å². The van der Waals surface area contributed by atoms with Crippen LogP contribution in [0.4, 0.5) is 11.5 Å². The van der Waals surface area contributed by atoms with E-state index in [2.05, 4.69) is 43.2 Å². The molecule has 2 N–H and O–H groups in total. The second-order valence-corrected chi connectivity index (χ2v) is 10.3. The van der Waals surface area contributed by atoms with E-state index in [1.54, 1.807) is 18.5 Å². The Morgan fingerprint density at radius 3 is 2.63 bits per heavy atom. The molecule has 1 atom stereocenters. The molecule has 204 valence electrons. The predicted molar refractivity (Wildman–Crippen MR) is 156 cm³/mol. The van der Waals surface area contributed by atoms with E-state index in [-0.39, 0.29) is 23.6 Å². The molecule has 2 aliphatic heterocycles. The van der Waals surface area contributed by atoms with Crippen molar-refractivity contribution in [2.24, 2.45) is 10.9 Å². The Morgan fingerprint density at radius 1 is 1.08 bits per heavy atom. The maximum Gasteiger partial charge on any atom is 0.194 e. The highest BCUT2D eigenvalue weighted by molar-refractivity contribution is 8.93. The van der Waals surface area contributed by atoms with Gasteiger partial charge in [0.05, 0.1) is 24.0 Å². The SMILES string of the molecule is Br.N#Cc1ccncc1N1CCN(C(=NCc2ccc(N3CCCCC3CCO)nc2)NCC2CC2)CC1. The number of aliphatic imine (C=N–C) groups is 1. The topological polar surface area (TPSA) is 104 Å². The second-order valence-electron chi connectivity index (χ2n) is 10.3. The van der Waals surface area contributed by atoms with Crippen LogP contribution in [0.15, 0.2) is 41.8 Å². The fraction of sp³-hybridized carbons (Fsp3) is 0.571. The van der Waals surface area contributed by atoms with Crippen molar-refractivity contribution in [3.8, 4) is 6.07 Å². The first-order chi connectivity index (χ1) is 18.2. The van der Waals surface area contributed by atoms with Gasteiger partial charge in [-0.25, -0.2) is 9.98 Å². The first kappa shape index (κ1) is 28.1. The van der Waals surface area contributed by atoms with Gasteiger partial charge in [0.25, 0.3) is 0 Å². The third-order valence-electron chi connectivity index (χ3n) is 7.69. The third-order valence-corrected chi connectivity index (χ3v) is 7.69. The first-order valence-electron chi connectivity index (χ1n) is 13.7. The molecule has 0 amide bonds. The molecule has 1 aliphatic carbocycles. The van der Waals surface area contributed by atoms with Crippen LogP contribution < -0.4 is 15.1 Å². The summed E-state index contributed by atoms with van der Waals surface area (Å²) in [5.74, 6) is 2.72. The molecular formula is C28H39BrN8O. The number of nitrogens with one attached hydrogen (secondary N) is 1. The zero-order valence-electron chi connectivity index (χ0n) is 22.0. The molecule has 3 fully saturated rings. The van der Waals surface area contributed by atoms with Crippen molar-refractivity contribution in [2.45, 2.75) is 51.1 Å². The van der Waals surface area contributed by atoms with Crippen LogP contribution >= 0.6 is 17.0 Å². The van der Waals surface area contributed by atoms with Gasteiger partial charge in [0, 0.05) is 64.3 Å². The molecule has 2 saturated heterocycles. The van der Waals surface area contributed by atoms with Crippen LogP contribution in [0.5, 0.6) is 0 Å². The van der Waals surface area contributed by atoms with Crippen molar-refractivity contribution >= 4 is 34.4 Å². The number of halogens is 1. The minimum absolute atomic E-state index is 0. The molecule has 1 saturated carbocycles. The van der Waals surface area contributed by atoms with Gasteiger partial charge in [-0.15, -0.1) is 17.0 Å². The number of nitrogens with zero attached hydrogens (tertiary/aromatic N) is 7. The maximum atomic E-state index is 9.46. The Morgan fingerprint density at radius 2 is 1.92 bits per heavy atom. The van der Waals surface area contributed by atoms with Gasteiger partial charge in [0.15, 0.2) is 5.96 Å². The van der Waals surface area contributed by atoms with E-state index in [1.807, 2.05) is 6.20 Å². The highest BCUT2D eigenvalue weighted by Gasteiger charge is 2.26. The molecule has 4 heterocycles. The fourth-order valence-electron chi connectivity index (χ4n) is 5.31. The minimum atomic E-state index is 0. The average Bonchev–Trinajstić information content (AvgIpc) is 3.79. The van der Waals surface area contributed by atoms with Crippen LogP contribution in [0.3, 0.4) is 0 Å². The number of hydrogen-bond acceptors (Lipinski definition) is 7. The summed E-state index contributed by atoms with van der Waals surface area (Å²) < 4.78 is 0. The summed E-state index contributed by atoms with van der Waals surface area (Å²) in [6, 6.07) is 8.69. The predicted octanol–water partition coefficient (Wildman–Crippen LogP) is 3.35. The van der Waals surface area contributed by atoms with Crippen LogP contribution in [0.25, 0.3) is 0 Å². The number of guanidine groups is 1. The van der Waals surface area contributed by atoms with Crippen LogP contribution in [-0.2, 0) is 6.54 Å². The lowest BCUT2D eigenvalue weighted by Crippen LogP contribution is -2.53. The minimum Gasteiger partial charge on any atom is -0.396 e. The zero-order valence-corrected chi connectivity index (χ0v) is 23.7. The molecule has 0 radical (unpaired) electrons. The van der Waals surface area contributed by atoms with Crippen molar-refractivity contribution in [2.75, 3.05) is 55.7 Å². The van der Waals surface area contributed by atoms with Crippen LogP contribution in [0.2, 0.25) is 0 Å². The fourth-order valence-corrected chi connectivity index (χ4v) is 5.31. The van der Waals surface area contributed by atoms with Gasteiger partial charge in [-0.1, -0.05) is 6.07 Å². The van der Waals surface area contributed by atoms with Gasteiger partial charge < -0.3 is 25.1 Å². The smallest absolute Gasteiger partial charge is 0.194 e. The van der Waals surface area contributed by atoms with E-state index < -0.39 is 0 Å². The first-order valence-corrected chi connectivity index (χ1v) is 13.7. The average molecular weight is 584 g/mol. The largest absolute Gasteiger partial charge is 0.396 e. The van der Waals surface area contributed by atoms with Gasteiger partial charge in [0.2, 0.25) is 0 Å². The van der Waals surface area contributed by atoms with E-state index in [0.29, 0.717) is 18.2 Å². The van der Waals surface area contributed by atoms with E-state index in [0.717, 1.165) is 81.1 Å². The molecule has 5 rings (SSSR count). The molecule has 2 aromatic rings. The van der Waals surface area contributed by atoms with Crippen LogP contribution in [0, 0.1) is 17.2 Å². The summed E-state index contributed by atoms with van der Waals surface area (Å²) >= 11 is 0. The summed E-state index contributed by atoms with van der Waals surface area (Å²) in [5.41, 5.74) is 2.68. The summed E-state index contributed by atoms with van der Waals surface area (Å²) in [6.07, 6.45) is 12.3. The lowest BCUT2D eigenvalue weighted by atomic mass is 9.99. The lowest BCUT2D eigenvalue weighted by Gasteiger charge is -2.38. The van der Waals surface area contributed by atoms with Gasteiger partial charge >= 0.3 is 0 Å². The Bertz CT molecular complexity index is 1090. The summed E-state index contributed by atoms with van der Waals surface area (Å²) in [7, 11) is 0. The molecule has 3 aliphatic rings. The summed E-state index contributed by atoms with van der Waals surface area (Å²) in [5, 5.41) is 22.5. The van der Waals surface area contributed by atoms with E-state index >= 15 is 0 Å². The number of hydrogen-bond donors (Lipinski definition) is 2. The number of anilines is 2. The summed E-state index contributed by atoms with van der Waals surface area (Å²) in [6.45, 7) is 6.12. The number of aliphatic hydroxyl groups excluding tert-OH is 1. The lowest BCUT2D eigenvalue weighted by molar-refractivity contribution is 0.262. The number of piperazine rings is 1. The normalized spacial score (nSPS) is 20.1. The quantitative estimate of drug-likeness (QED) is 0.361. The monoisotopic (exact) mass is 582 g/mol. The van der Waals surface area contributed by atoms with Crippen molar-refractivity contribution in [3.05, 3.63) is 47.9 Å². The number of pyridine rings is 2. The number of piperidine rings is 1. The van der Waals surface area contributed by atoms with Crippen molar-refractivity contribution in [1.29, 1.82) is 5.26 Å². The summed E-state index contributed by atoms with van der Waals surface area (Å²) in [4.78, 5) is 20.9. The Kier molecular flexibility index (Phi) is 10.2. The molecule has 0 spiro atoms.